The summed E-state index contributed by atoms with van der Waals surface area (Å²) in [6.07, 6.45) is 0. The van der Waals surface area contributed by atoms with Gasteiger partial charge in [-0.15, -0.1) is 0 Å². The molecule has 242 valence electrons. The molecule has 0 bridgehead atoms. The fraction of sp³-hybridized carbons (Fsp3) is 0.0196. The fourth-order valence-corrected chi connectivity index (χ4v) is 9.05. The van der Waals surface area contributed by atoms with E-state index in [9.17, 15) is 0 Å². The summed E-state index contributed by atoms with van der Waals surface area (Å²) < 4.78 is 42.2. The van der Waals surface area contributed by atoms with Gasteiger partial charge in [0.25, 0.3) is 0 Å². The summed E-state index contributed by atoms with van der Waals surface area (Å²) in [7, 11) is 0. The third-order valence-corrected chi connectivity index (χ3v) is 11.1. The number of rotatable bonds is 4. The Kier molecular flexibility index (Phi) is 5.24. The third-order valence-electron chi connectivity index (χ3n) is 11.1. The van der Waals surface area contributed by atoms with Crippen molar-refractivity contribution < 1.29 is 6.85 Å². The number of hydrogen-bond acceptors (Lipinski definition) is 1. The van der Waals surface area contributed by atoms with Gasteiger partial charge in [0.2, 0.25) is 0 Å². The maximum atomic E-state index is 8.69. The lowest BCUT2D eigenvalue weighted by atomic mass is 9.69. The van der Waals surface area contributed by atoms with Gasteiger partial charge < -0.3 is 4.90 Å². The zero-order valence-electron chi connectivity index (χ0n) is 33.1. The number of hydrogen-bond donors (Lipinski definition) is 0. The van der Waals surface area contributed by atoms with Crippen LogP contribution in [0.1, 0.15) is 29.1 Å². The van der Waals surface area contributed by atoms with E-state index in [4.69, 9.17) is 6.85 Å². The molecule has 1 heteroatoms. The molecule has 0 aliphatic heterocycles. The molecule has 1 nitrogen and oxygen atoms in total. The Bertz CT molecular complexity index is 3080. The fourth-order valence-electron chi connectivity index (χ4n) is 9.05. The highest BCUT2D eigenvalue weighted by Crippen LogP contribution is 2.66. The van der Waals surface area contributed by atoms with Crippen LogP contribution >= 0.6 is 0 Å². The minimum atomic E-state index is -0.624. The average molecular weight is 665 g/mol. The van der Waals surface area contributed by atoms with Crippen LogP contribution in [0.25, 0.3) is 54.9 Å². The molecule has 0 radical (unpaired) electrons. The van der Waals surface area contributed by atoms with Crippen molar-refractivity contribution in [1.29, 1.82) is 0 Å². The van der Waals surface area contributed by atoms with Gasteiger partial charge in [0.1, 0.15) is 0 Å². The molecule has 52 heavy (non-hydrogen) atoms. The molecule has 0 aromatic heterocycles. The molecule has 9 aromatic carbocycles. The molecule has 0 fully saturated rings. The Hall–Kier alpha value is -6.70. The highest BCUT2D eigenvalue weighted by atomic mass is 15.1. The predicted octanol–water partition coefficient (Wildman–Crippen LogP) is 13.5. The predicted molar refractivity (Wildman–Crippen MR) is 218 cm³/mol. The molecule has 2 aliphatic carbocycles. The Morgan fingerprint density at radius 1 is 0.423 bits per heavy atom. The van der Waals surface area contributed by atoms with Crippen molar-refractivity contribution >= 4 is 38.6 Å². The van der Waals surface area contributed by atoms with Crippen LogP contribution in [0.5, 0.6) is 0 Å². The summed E-state index contributed by atoms with van der Waals surface area (Å²) >= 11 is 0. The van der Waals surface area contributed by atoms with Crippen LogP contribution in [0.15, 0.2) is 200 Å². The van der Waals surface area contributed by atoms with Crippen molar-refractivity contribution in [3.05, 3.63) is 222 Å². The highest BCUT2D eigenvalue weighted by Gasteiger charge is 2.53. The first-order chi connectivity index (χ1) is 27.9. The Morgan fingerprint density at radius 2 is 1.04 bits per heavy atom. The summed E-state index contributed by atoms with van der Waals surface area (Å²) in [4.78, 5) is 2.33. The molecule has 2 aliphatic rings. The lowest BCUT2D eigenvalue weighted by Crippen LogP contribution is -2.28. The van der Waals surface area contributed by atoms with E-state index in [2.05, 4.69) is 150 Å². The Labute approximate surface area is 310 Å². The summed E-state index contributed by atoms with van der Waals surface area (Å²) in [6.45, 7) is 0. The molecular formula is C51H33N. The van der Waals surface area contributed by atoms with Crippen LogP contribution in [0.4, 0.5) is 17.1 Å². The Balaban J connectivity index is 1.23. The number of anilines is 3. The van der Waals surface area contributed by atoms with Gasteiger partial charge >= 0.3 is 0 Å². The number of nitrogens with zero attached hydrogens (tertiary/aromatic N) is 1. The van der Waals surface area contributed by atoms with Crippen molar-refractivity contribution in [2.45, 2.75) is 5.41 Å². The van der Waals surface area contributed by atoms with Gasteiger partial charge in [-0.2, -0.15) is 0 Å². The van der Waals surface area contributed by atoms with Gasteiger partial charge in [-0.3, -0.25) is 0 Å². The Morgan fingerprint density at radius 3 is 1.81 bits per heavy atom. The van der Waals surface area contributed by atoms with E-state index in [0.717, 1.165) is 27.8 Å². The minimum absolute atomic E-state index is 0.186. The van der Waals surface area contributed by atoms with E-state index in [1.807, 2.05) is 24.3 Å². The average Bonchev–Trinajstić information content (AvgIpc) is 3.74. The molecule has 11 rings (SSSR count). The standard InChI is InChI=1S/C51H33N/c1-2-13-34(14-3-1)36-25-29-39(30-26-36)52(40-31-27-35-15-4-5-17-38(35)33-40)48-24-12-21-44-49-41-18-7-6-16-37(41)28-32-47(49)51(50(44)48)45-22-10-8-19-42(45)43-20-9-11-23-46(43)51/h1-33H/i1D,2D,3D,13D,14D. The van der Waals surface area contributed by atoms with Gasteiger partial charge in [0.05, 0.1) is 18.0 Å². The van der Waals surface area contributed by atoms with E-state index in [1.54, 1.807) is 0 Å². The van der Waals surface area contributed by atoms with Gasteiger partial charge in [-0.05, 0) is 102 Å². The normalized spacial score (nSPS) is 14.5. The smallest absolute Gasteiger partial charge is 0.0746 e. The summed E-state index contributed by atoms with van der Waals surface area (Å²) in [5.74, 6) is 0. The summed E-state index contributed by atoms with van der Waals surface area (Å²) in [6, 6.07) is 58.9. The van der Waals surface area contributed by atoms with Gasteiger partial charge in [-0.1, -0.05) is 170 Å². The van der Waals surface area contributed by atoms with E-state index < -0.39 is 11.5 Å². The second-order valence-electron chi connectivity index (χ2n) is 13.7. The molecule has 0 amide bonds. The minimum Gasteiger partial charge on any atom is -0.310 e. The van der Waals surface area contributed by atoms with Crippen LogP contribution in [0, 0.1) is 0 Å². The summed E-state index contributed by atoms with van der Waals surface area (Å²) in [5, 5.41) is 4.67. The van der Waals surface area contributed by atoms with Crippen LogP contribution in [-0.2, 0) is 5.41 Å². The van der Waals surface area contributed by atoms with Gasteiger partial charge in [-0.25, -0.2) is 0 Å². The van der Waals surface area contributed by atoms with E-state index in [-0.39, 0.29) is 29.7 Å². The van der Waals surface area contributed by atoms with Gasteiger partial charge in [0, 0.05) is 16.9 Å². The van der Waals surface area contributed by atoms with Crippen molar-refractivity contribution in [2.24, 2.45) is 0 Å². The lowest BCUT2D eigenvalue weighted by molar-refractivity contribution is 0.793. The van der Waals surface area contributed by atoms with Crippen molar-refractivity contribution in [3.63, 3.8) is 0 Å². The molecule has 0 atom stereocenters. The van der Waals surface area contributed by atoms with Crippen LogP contribution < -0.4 is 4.90 Å². The van der Waals surface area contributed by atoms with Crippen LogP contribution in [-0.4, -0.2) is 0 Å². The van der Waals surface area contributed by atoms with Gasteiger partial charge in [0.15, 0.2) is 0 Å². The first-order valence-corrected chi connectivity index (χ1v) is 17.7. The van der Waals surface area contributed by atoms with Crippen LogP contribution in [0.3, 0.4) is 0 Å². The van der Waals surface area contributed by atoms with Crippen molar-refractivity contribution in [1.82, 2.24) is 0 Å². The highest BCUT2D eigenvalue weighted by molar-refractivity contribution is 6.08. The number of fused-ring (bicyclic) bond motifs is 13. The quantitative estimate of drug-likeness (QED) is 0.181. The summed E-state index contributed by atoms with van der Waals surface area (Å²) in [5.41, 5.74) is 12.9. The zero-order valence-corrected chi connectivity index (χ0v) is 28.1. The van der Waals surface area contributed by atoms with Crippen LogP contribution in [0.2, 0.25) is 0 Å². The molecule has 0 unspecified atom stereocenters. The molecule has 0 saturated carbocycles. The van der Waals surface area contributed by atoms with E-state index >= 15 is 0 Å². The SMILES string of the molecule is [2H]c1c([2H])c([2H])c(-c2ccc(N(c3ccc4ccccc4c3)c3cccc4c3C3(c5ccccc5-c5ccccc53)c3ccc5ccccc5c3-4)cc2)c([2H])c1[2H]. The maximum Gasteiger partial charge on any atom is 0.0746 e. The molecule has 0 saturated heterocycles. The molecule has 0 heterocycles. The first kappa shape index (κ1) is 24.4. The van der Waals surface area contributed by atoms with E-state index in [1.165, 1.54) is 55.3 Å². The molecule has 9 aromatic rings. The second-order valence-corrected chi connectivity index (χ2v) is 13.7. The zero-order chi connectivity index (χ0) is 38.6. The third kappa shape index (κ3) is 3.99. The molecule has 0 N–H and O–H groups in total. The maximum absolute atomic E-state index is 8.69. The first-order valence-electron chi connectivity index (χ1n) is 20.2. The lowest BCUT2D eigenvalue weighted by Gasteiger charge is -2.36. The van der Waals surface area contributed by atoms with Crippen molar-refractivity contribution in [3.8, 4) is 33.4 Å². The van der Waals surface area contributed by atoms with Crippen molar-refractivity contribution in [2.75, 3.05) is 4.90 Å². The second kappa shape index (κ2) is 11.2. The molecular weight excluding hydrogens is 627 g/mol. The van der Waals surface area contributed by atoms with E-state index in [0.29, 0.717) is 5.56 Å². The monoisotopic (exact) mass is 664 g/mol. The topological polar surface area (TPSA) is 3.24 Å². The number of benzene rings is 9. The molecule has 1 spiro atoms. The largest absolute Gasteiger partial charge is 0.310 e.